The smallest absolute Gasteiger partial charge is 0.427 e. The fourth-order valence-corrected chi connectivity index (χ4v) is 1.34. The Morgan fingerprint density at radius 2 is 1.94 bits per heavy atom. The number of nitrogens with zero attached hydrogens (tertiary/aromatic N) is 1. The first kappa shape index (κ1) is 13.2. The second-order valence-electron chi connectivity index (χ2n) is 3.58. The van der Waals surface area contributed by atoms with E-state index in [0.29, 0.717) is 6.61 Å². The zero-order valence-electron chi connectivity index (χ0n) is 10.5. The van der Waals surface area contributed by atoms with Crippen LogP contribution in [-0.4, -0.2) is 18.4 Å². The predicted octanol–water partition coefficient (Wildman–Crippen LogP) is 2.72. The van der Waals surface area contributed by atoms with Gasteiger partial charge in [-0.25, -0.2) is 10.2 Å². The first-order chi connectivity index (χ1) is 8.17. The Bertz CT molecular complexity index is 396. The van der Waals surface area contributed by atoms with Crippen molar-refractivity contribution in [3.8, 4) is 0 Å². The van der Waals surface area contributed by atoms with Gasteiger partial charge in [0, 0.05) is 0 Å². The molecule has 0 spiro atoms. The standard InChI is InChI=1S/C13H18N2O2/c1-4-11-6-8-12(9-7-11)10(3)14-15-13(16)17-5-2/h6-9H,4-5H2,1-3H3,(H,15,16). The van der Waals surface area contributed by atoms with Crippen molar-refractivity contribution in [3.05, 3.63) is 35.4 Å². The third kappa shape index (κ3) is 4.26. The second-order valence-corrected chi connectivity index (χ2v) is 3.58. The molecule has 1 N–H and O–H groups in total. The number of hydrogen-bond donors (Lipinski definition) is 1. The number of ether oxygens (including phenoxy) is 1. The summed E-state index contributed by atoms with van der Waals surface area (Å²) in [5, 5.41) is 3.96. The highest BCUT2D eigenvalue weighted by atomic mass is 16.5. The molecule has 0 aromatic heterocycles. The number of amides is 1. The summed E-state index contributed by atoms with van der Waals surface area (Å²) in [6.45, 7) is 6.04. The highest BCUT2D eigenvalue weighted by Crippen LogP contribution is 2.06. The van der Waals surface area contributed by atoms with Gasteiger partial charge in [0.25, 0.3) is 0 Å². The van der Waals surface area contributed by atoms with Crippen LogP contribution in [0.2, 0.25) is 0 Å². The lowest BCUT2D eigenvalue weighted by molar-refractivity contribution is 0.152. The number of nitrogens with one attached hydrogen (secondary N) is 1. The van der Waals surface area contributed by atoms with Crippen molar-refractivity contribution < 1.29 is 9.53 Å². The fraction of sp³-hybridized carbons (Fsp3) is 0.385. The number of rotatable bonds is 4. The molecule has 0 bridgehead atoms. The third-order valence-electron chi connectivity index (χ3n) is 2.37. The van der Waals surface area contributed by atoms with Crippen LogP contribution in [0.5, 0.6) is 0 Å². The highest BCUT2D eigenvalue weighted by molar-refractivity contribution is 5.99. The molecular formula is C13H18N2O2. The van der Waals surface area contributed by atoms with E-state index < -0.39 is 6.09 Å². The van der Waals surface area contributed by atoms with Crippen molar-refractivity contribution in [1.29, 1.82) is 0 Å². The molecule has 0 aliphatic heterocycles. The summed E-state index contributed by atoms with van der Waals surface area (Å²) in [6.07, 6.45) is 0.481. The fourth-order valence-electron chi connectivity index (χ4n) is 1.34. The van der Waals surface area contributed by atoms with Crippen LogP contribution < -0.4 is 5.43 Å². The van der Waals surface area contributed by atoms with Gasteiger partial charge in [0.2, 0.25) is 0 Å². The number of carbonyl (C=O) groups excluding carboxylic acids is 1. The molecular weight excluding hydrogens is 216 g/mol. The lowest BCUT2D eigenvalue weighted by atomic mass is 10.1. The Labute approximate surface area is 102 Å². The molecule has 0 aliphatic carbocycles. The minimum atomic E-state index is -0.531. The van der Waals surface area contributed by atoms with Gasteiger partial charge in [0.15, 0.2) is 0 Å². The summed E-state index contributed by atoms with van der Waals surface area (Å²) in [7, 11) is 0. The quantitative estimate of drug-likeness (QED) is 0.643. The molecule has 92 valence electrons. The lowest BCUT2D eigenvalue weighted by Gasteiger charge is -2.03. The second kappa shape index (κ2) is 6.68. The van der Waals surface area contributed by atoms with Crippen LogP contribution in [0.25, 0.3) is 0 Å². The van der Waals surface area contributed by atoms with Crippen LogP contribution in [0.4, 0.5) is 4.79 Å². The van der Waals surface area contributed by atoms with E-state index in [9.17, 15) is 4.79 Å². The molecule has 1 rings (SSSR count). The van der Waals surface area contributed by atoms with E-state index >= 15 is 0 Å². The molecule has 4 heteroatoms. The summed E-state index contributed by atoms with van der Waals surface area (Å²) in [5.41, 5.74) is 5.35. The van der Waals surface area contributed by atoms with Gasteiger partial charge in [-0.2, -0.15) is 5.10 Å². The molecule has 1 aromatic carbocycles. The summed E-state index contributed by atoms with van der Waals surface area (Å²) in [5.74, 6) is 0. The van der Waals surface area contributed by atoms with E-state index in [1.54, 1.807) is 6.92 Å². The van der Waals surface area contributed by atoms with Crippen molar-refractivity contribution in [1.82, 2.24) is 5.43 Å². The summed E-state index contributed by atoms with van der Waals surface area (Å²) in [4.78, 5) is 11.0. The molecule has 0 aliphatic rings. The molecule has 4 nitrogen and oxygen atoms in total. The molecule has 0 saturated heterocycles. The maximum Gasteiger partial charge on any atom is 0.427 e. The van der Waals surface area contributed by atoms with Crippen LogP contribution in [-0.2, 0) is 11.2 Å². The number of hydrazone groups is 1. The first-order valence-electron chi connectivity index (χ1n) is 5.73. The number of carbonyl (C=O) groups is 1. The van der Waals surface area contributed by atoms with Crippen LogP contribution in [0.1, 0.15) is 31.9 Å². The molecule has 0 atom stereocenters. The Balaban J connectivity index is 2.64. The zero-order chi connectivity index (χ0) is 12.7. The minimum Gasteiger partial charge on any atom is -0.449 e. The Morgan fingerprint density at radius 3 is 2.47 bits per heavy atom. The number of benzene rings is 1. The van der Waals surface area contributed by atoms with E-state index in [0.717, 1.165) is 17.7 Å². The van der Waals surface area contributed by atoms with Gasteiger partial charge in [-0.3, -0.25) is 0 Å². The summed E-state index contributed by atoms with van der Waals surface area (Å²) in [6, 6.07) is 8.09. The molecule has 0 fully saturated rings. The van der Waals surface area contributed by atoms with Crippen molar-refractivity contribution >= 4 is 11.8 Å². The van der Waals surface area contributed by atoms with E-state index in [-0.39, 0.29) is 0 Å². The van der Waals surface area contributed by atoms with Gasteiger partial charge >= 0.3 is 6.09 Å². The van der Waals surface area contributed by atoms with Gasteiger partial charge in [-0.1, -0.05) is 31.2 Å². The highest BCUT2D eigenvalue weighted by Gasteiger charge is 2.00. The van der Waals surface area contributed by atoms with Crippen LogP contribution in [0.15, 0.2) is 29.4 Å². The summed E-state index contributed by atoms with van der Waals surface area (Å²) >= 11 is 0. The van der Waals surface area contributed by atoms with Crippen molar-refractivity contribution in [2.75, 3.05) is 6.61 Å². The van der Waals surface area contributed by atoms with E-state index in [1.807, 2.05) is 19.1 Å². The maximum atomic E-state index is 11.0. The molecule has 0 radical (unpaired) electrons. The average molecular weight is 234 g/mol. The monoisotopic (exact) mass is 234 g/mol. The zero-order valence-corrected chi connectivity index (χ0v) is 10.5. The Morgan fingerprint density at radius 1 is 1.29 bits per heavy atom. The predicted molar refractivity (Wildman–Crippen MR) is 68.2 cm³/mol. The van der Waals surface area contributed by atoms with Gasteiger partial charge < -0.3 is 4.74 Å². The molecule has 17 heavy (non-hydrogen) atoms. The molecule has 0 saturated carbocycles. The average Bonchev–Trinajstić information content (AvgIpc) is 2.36. The van der Waals surface area contributed by atoms with Gasteiger partial charge in [-0.15, -0.1) is 0 Å². The molecule has 0 heterocycles. The lowest BCUT2D eigenvalue weighted by Crippen LogP contribution is -2.20. The topological polar surface area (TPSA) is 50.7 Å². The van der Waals surface area contributed by atoms with Gasteiger partial charge in [0.1, 0.15) is 0 Å². The normalized spacial score (nSPS) is 11.1. The van der Waals surface area contributed by atoms with Gasteiger partial charge in [-0.05, 0) is 31.4 Å². The van der Waals surface area contributed by atoms with E-state index in [4.69, 9.17) is 4.74 Å². The summed E-state index contributed by atoms with van der Waals surface area (Å²) < 4.78 is 4.71. The van der Waals surface area contributed by atoms with Crippen molar-refractivity contribution in [2.24, 2.45) is 5.10 Å². The number of aryl methyl sites for hydroxylation is 1. The van der Waals surface area contributed by atoms with Crippen LogP contribution in [0.3, 0.4) is 0 Å². The largest absolute Gasteiger partial charge is 0.449 e. The molecule has 1 aromatic rings. The van der Waals surface area contributed by atoms with Crippen LogP contribution in [0, 0.1) is 0 Å². The van der Waals surface area contributed by atoms with Crippen LogP contribution >= 0.6 is 0 Å². The minimum absolute atomic E-state index is 0.339. The SMILES string of the molecule is CCOC(=O)NN=C(C)c1ccc(CC)cc1. The Kier molecular flexibility index (Phi) is 5.20. The number of hydrogen-bond acceptors (Lipinski definition) is 3. The molecule has 0 unspecified atom stereocenters. The van der Waals surface area contributed by atoms with E-state index in [2.05, 4.69) is 29.6 Å². The first-order valence-corrected chi connectivity index (χ1v) is 5.73. The van der Waals surface area contributed by atoms with Crippen molar-refractivity contribution in [3.63, 3.8) is 0 Å². The van der Waals surface area contributed by atoms with Crippen molar-refractivity contribution in [2.45, 2.75) is 27.2 Å². The van der Waals surface area contributed by atoms with E-state index in [1.165, 1.54) is 5.56 Å². The Hall–Kier alpha value is -1.84. The molecule has 1 amide bonds. The maximum absolute atomic E-state index is 11.0. The third-order valence-corrected chi connectivity index (χ3v) is 2.37. The van der Waals surface area contributed by atoms with Gasteiger partial charge in [0.05, 0.1) is 12.3 Å².